The molecule has 1 aliphatic heterocycles. The maximum Gasteiger partial charge on any atom is 0.416 e. The summed E-state index contributed by atoms with van der Waals surface area (Å²) in [7, 11) is 1.27. The fourth-order valence-electron chi connectivity index (χ4n) is 5.27. The van der Waals surface area contributed by atoms with E-state index in [0.717, 1.165) is 18.2 Å². The maximum absolute atomic E-state index is 15.5. The molecule has 41 heavy (non-hydrogen) atoms. The number of fused-ring (bicyclic) bond motifs is 1. The molecule has 3 aromatic carbocycles. The van der Waals surface area contributed by atoms with Gasteiger partial charge in [0.2, 0.25) is 0 Å². The molecule has 0 spiro atoms. The van der Waals surface area contributed by atoms with Gasteiger partial charge in [0.1, 0.15) is 11.6 Å². The fraction of sp³-hybridized carbons (Fsp3) is 0.233. The number of benzene rings is 3. The Morgan fingerprint density at radius 3 is 2.37 bits per heavy atom. The summed E-state index contributed by atoms with van der Waals surface area (Å²) < 4.78 is 92.2. The number of nitrogens with two attached hydrogens (primary N) is 1. The molecule has 214 valence electrons. The predicted octanol–water partition coefficient (Wildman–Crippen LogP) is 7.21. The van der Waals surface area contributed by atoms with Gasteiger partial charge >= 0.3 is 6.18 Å². The summed E-state index contributed by atoms with van der Waals surface area (Å²) in [5.41, 5.74) is 5.00. The molecule has 2 N–H and O–H groups in total. The van der Waals surface area contributed by atoms with Gasteiger partial charge < -0.3 is 10.5 Å². The first-order valence-electron chi connectivity index (χ1n) is 12.5. The van der Waals surface area contributed by atoms with Gasteiger partial charge in [0, 0.05) is 23.3 Å². The van der Waals surface area contributed by atoms with Gasteiger partial charge in [0.25, 0.3) is 5.56 Å². The van der Waals surface area contributed by atoms with Gasteiger partial charge in [0.05, 0.1) is 35.3 Å². The lowest BCUT2D eigenvalue weighted by Gasteiger charge is -2.25. The first kappa shape index (κ1) is 28.8. The molecule has 5 rings (SSSR count). The van der Waals surface area contributed by atoms with Gasteiger partial charge in [-0.2, -0.15) is 13.2 Å². The van der Waals surface area contributed by atoms with Crippen molar-refractivity contribution >= 4 is 11.8 Å². The van der Waals surface area contributed by atoms with Crippen molar-refractivity contribution in [2.75, 3.05) is 12.9 Å². The second kappa shape index (κ2) is 10.9. The summed E-state index contributed by atoms with van der Waals surface area (Å²) in [4.78, 5) is 14.1. The van der Waals surface area contributed by atoms with Crippen molar-refractivity contribution < 1.29 is 31.1 Å². The third kappa shape index (κ3) is 5.12. The molecule has 1 aromatic heterocycles. The normalized spacial score (nSPS) is 15.6. The van der Waals surface area contributed by atoms with Crippen LogP contribution in [0.2, 0.25) is 0 Å². The number of thioether (sulfide) groups is 1. The Balaban J connectivity index is 1.78. The van der Waals surface area contributed by atoms with E-state index < -0.39 is 58.8 Å². The van der Waals surface area contributed by atoms with Crippen LogP contribution in [0.25, 0.3) is 11.1 Å². The number of ether oxygens (including phenoxy) is 1. The van der Waals surface area contributed by atoms with Gasteiger partial charge in [-0.1, -0.05) is 30.3 Å². The van der Waals surface area contributed by atoms with Crippen LogP contribution in [-0.2, 0) is 12.6 Å². The van der Waals surface area contributed by atoms with Gasteiger partial charge in [-0.25, -0.2) is 13.2 Å². The van der Waals surface area contributed by atoms with E-state index in [1.54, 1.807) is 0 Å². The topological polar surface area (TPSA) is 57.2 Å². The number of pyridine rings is 1. The Kier molecular flexibility index (Phi) is 7.69. The van der Waals surface area contributed by atoms with Crippen LogP contribution >= 0.6 is 11.8 Å². The van der Waals surface area contributed by atoms with Crippen molar-refractivity contribution in [3.8, 4) is 16.9 Å². The predicted molar refractivity (Wildman–Crippen MR) is 145 cm³/mol. The fourth-order valence-corrected chi connectivity index (χ4v) is 6.71. The third-order valence-corrected chi connectivity index (χ3v) is 8.58. The zero-order chi connectivity index (χ0) is 29.6. The van der Waals surface area contributed by atoms with Crippen molar-refractivity contribution in [1.29, 1.82) is 0 Å². The highest BCUT2D eigenvalue weighted by atomic mass is 32.2. The van der Waals surface area contributed by atoms with E-state index in [-0.39, 0.29) is 33.8 Å². The molecule has 1 aliphatic rings. The van der Waals surface area contributed by atoms with Crippen LogP contribution in [0.15, 0.2) is 70.5 Å². The van der Waals surface area contributed by atoms with Gasteiger partial charge in [-0.3, -0.25) is 9.36 Å². The average Bonchev–Trinajstić information content (AvgIpc) is 3.37. The molecule has 2 heterocycles. The molecule has 4 nitrogen and oxygen atoms in total. The van der Waals surface area contributed by atoms with E-state index in [4.69, 9.17) is 10.5 Å². The van der Waals surface area contributed by atoms with E-state index >= 15 is 4.39 Å². The first-order chi connectivity index (χ1) is 19.4. The average molecular weight is 591 g/mol. The lowest BCUT2D eigenvalue weighted by Crippen LogP contribution is -2.33. The van der Waals surface area contributed by atoms with Crippen LogP contribution in [0.1, 0.15) is 39.9 Å². The SMILES string of the molecule is COc1cccc(-c2c(C)c(Cc3c(F)cccc3C(F)(F)F)c3n(c2=O)C(C(N)c2ccc(F)cc2)CS3)c1F. The molecule has 4 aromatic rings. The van der Waals surface area contributed by atoms with Crippen LogP contribution in [-0.4, -0.2) is 17.4 Å². The summed E-state index contributed by atoms with van der Waals surface area (Å²) in [5, 5.41) is 0.318. The number of methoxy groups -OCH3 is 1. The number of halogens is 6. The molecule has 0 saturated heterocycles. The summed E-state index contributed by atoms with van der Waals surface area (Å²) in [6.07, 6.45) is -5.34. The van der Waals surface area contributed by atoms with Crippen LogP contribution in [0, 0.1) is 24.4 Å². The molecule has 2 unspecified atom stereocenters. The number of rotatable bonds is 6. The Labute approximate surface area is 235 Å². The summed E-state index contributed by atoms with van der Waals surface area (Å²) in [6, 6.07) is 10.9. The molecule has 0 bridgehead atoms. The van der Waals surface area contributed by atoms with E-state index in [9.17, 15) is 26.7 Å². The Hall–Kier alpha value is -3.70. The maximum atomic E-state index is 15.5. The number of alkyl halides is 3. The molecule has 2 atom stereocenters. The highest BCUT2D eigenvalue weighted by Gasteiger charge is 2.38. The zero-order valence-electron chi connectivity index (χ0n) is 21.9. The zero-order valence-corrected chi connectivity index (χ0v) is 22.7. The number of aromatic nitrogens is 1. The minimum absolute atomic E-state index is 0.0937. The van der Waals surface area contributed by atoms with Gasteiger partial charge in [-0.05, 0) is 53.9 Å². The molecule has 0 amide bonds. The minimum atomic E-state index is -4.83. The van der Waals surface area contributed by atoms with Crippen molar-refractivity contribution in [2.45, 2.75) is 36.6 Å². The summed E-state index contributed by atoms with van der Waals surface area (Å²) in [5.74, 6) is -2.23. The molecule has 0 saturated carbocycles. The standard InChI is InChI=1S/C30H24F6N2O2S/c1-15-19(13-20-21(30(34,35)36)6-4-7-22(20)32)29-38(23(14-41-29)27(37)16-9-11-17(31)12-10-16)28(39)25(15)18-5-3-8-24(40-2)26(18)33/h3-12,23,27H,13-14,37H2,1-2H3. The van der Waals surface area contributed by atoms with Gasteiger partial charge in [0.15, 0.2) is 11.6 Å². The molecule has 11 heteroatoms. The van der Waals surface area contributed by atoms with E-state index in [1.807, 2.05) is 0 Å². The Morgan fingerprint density at radius 1 is 1.02 bits per heavy atom. The van der Waals surface area contributed by atoms with Crippen molar-refractivity contribution in [2.24, 2.45) is 5.73 Å². The molecule has 0 radical (unpaired) electrons. The molecule has 0 fully saturated rings. The van der Waals surface area contributed by atoms with Crippen molar-refractivity contribution in [3.05, 3.63) is 116 Å². The third-order valence-electron chi connectivity index (χ3n) is 7.36. The monoisotopic (exact) mass is 590 g/mol. The quantitative estimate of drug-likeness (QED) is 0.241. The Morgan fingerprint density at radius 2 is 1.71 bits per heavy atom. The molecule has 0 aliphatic carbocycles. The van der Waals surface area contributed by atoms with Crippen LogP contribution in [0.3, 0.4) is 0 Å². The number of hydrogen-bond donors (Lipinski definition) is 1. The smallest absolute Gasteiger partial charge is 0.416 e. The van der Waals surface area contributed by atoms with Crippen LogP contribution < -0.4 is 16.0 Å². The highest BCUT2D eigenvalue weighted by Crippen LogP contribution is 2.44. The van der Waals surface area contributed by atoms with Crippen LogP contribution in [0.4, 0.5) is 26.3 Å². The first-order valence-corrected chi connectivity index (χ1v) is 13.5. The largest absolute Gasteiger partial charge is 0.494 e. The lowest BCUT2D eigenvalue weighted by molar-refractivity contribution is -0.138. The van der Waals surface area contributed by atoms with Crippen molar-refractivity contribution in [3.63, 3.8) is 0 Å². The summed E-state index contributed by atoms with van der Waals surface area (Å²) in [6.45, 7) is 1.51. The van der Waals surface area contributed by atoms with E-state index in [1.165, 1.54) is 72.8 Å². The number of hydrogen-bond acceptors (Lipinski definition) is 4. The van der Waals surface area contributed by atoms with E-state index in [0.29, 0.717) is 10.6 Å². The summed E-state index contributed by atoms with van der Waals surface area (Å²) >= 11 is 1.20. The highest BCUT2D eigenvalue weighted by molar-refractivity contribution is 7.99. The second-order valence-electron chi connectivity index (χ2n) is 9.68. The molecular formula is C30H24F6N2O2S. The second-order valence-corrected chi connectivity index (χ2v) is 10.7. The Bertz CT molecular complexity index is 1680. The number of nitrogens with zero attached hydrogens (tertiary/aromatic N) is 1. The molecular weight excluding hydrogens is 566 g/mol. The van der Waals surface area contributed by atoms with Crippen LogP contribution in [0.5, 0.6) is 5.75 Å². The minimum Gasteiger partial charge on any atom is -0.494 e. The van der Waals surface area contributed by atoms with Gasteiger partial charge in [-0.15, -0.1) is 11.8 Å². The lowest BCUT2D eigenvalue weighted by atomic mass is 9.91. The van der Waals surface area contributed by atoms with E-state index in [2.05, 4.69) is 0 Å². The van der Waals surface area contributed by atoms with Crippen molar-refractivity contribution in [1.82, 2.24) is 4.57 Å².